The highest BCUT2D eigenvalue weighted by Gasteiger charge is 2.23. The summed E-state index contributed by atoms with van der Waals surface area (Å²) in [6.45, 7) is 8.68. The zero-order valence-corrected chi connectivity index (χ0v) is 19.9. The van der Waals surface area contributed by atoms with E-state index < -0.39 is 5.97 Å². The van der Waals surface area contributed by atoms with Crippen molar-refractivity contribution >= 4 is 40.0 Å². The molecule has 7 nitrogen and oxygen atoms in total. The molecular weight excluding hydrogens is 432 g/mol. The van der Waals surface area contributed by atoms with Crippen molar-refractivity contribution in [3.8, 4) is 11.4 Å². The molecular formula is C22H26N4O3S2. The summed E-state index contributed by atoms with van der Waals surface area (Å²) in [6, 6.07) is 8.02. The van der Waals surface area contributed by atoms with Crippen LogP contribution < -0.4 is 5.32 Å². The highest BCUT2D eigenvalue weighted by molar-refractivity contribution is 7.99. The topological polar surface area (TPSA) is 86.1 Å². The molecule has 3 rings (SSSR count). The van der Waals surface area contributed by atoms with Crippen LogP contribution in [0, 0.1) is 13.8 Å². The van der Waals surface area contributed by atoms with Crippen molar-refractivity contribution in [1.29, 1.82) is 0 Å². The van der Waals surface area contributed by atoms with E-state index in [-0.39, 0.29) is 11.7 Å². The first-order valence-electron chi connectivity index (χ1n) is 10.0. The van der Waals surface area contributed by atoms with Gasteiger partial charge in [0.15, 0.2) is 11.0 Å². The first-order chi connectivity index (χ1) is 14.9. The molecule has 0 aliphatic carbocycles. The van der Waals surface area contributed by atoms with Crippen LogP contribution in [0.2, 0.25) is 0 Å². The van der Waals surface area contributed by atoms with Crippen molar-refractivity contribution in [3.05, 3.63) is 45.8 Å². The number of thioether (sulfide) groups is 1. The number of hydrogen-bond donors (Lipinski definition) is 1. The van der Waals surface area contributed by atoms with Crippen LogP contribution >= 0.6 is 23.1 Å². The van der Waals surface area contributed by atoms with E-state index in [1.54, 1.807) is 0 Å². The second-order valence-corrected chi connectivity index (χ2v) is 9.06. The van der Waals surface area contributed by atoms with E-state index in [0.29, 0.717) is 28.7 Å². The minimum atomic E-state index is -0.433. The minimum Gasteiger partial charge on any atom is -0.465 e. The number of esters is 1. The number of anilines is 1. The van der Waals surface area contributed by atoms with E-state index in [0.717, 1.165) is 27.4 Å². The Morgan fingerprint density at radius 3 is 2.58 bits per heavy atom. The lowest BCUT2D eigenvalue weighted by Crippen LogP contribution is -2.16. The van der Waals surface area contributed by atoms with E-state index in [2.05, 4.69) is 15.5 Å². The quantitative estimate of drug-likeness (QED) is 0.388. The number of ether oxygens (including phenoxy) is 1. The Labute approximate surface area is 190 Å². The van der Waals surface area contributed by atoms with Crippen molar-refractivity contribution in [2.24, 2.45) is 0 Å². The standard InChI is InChI=1S/C22H26N4O3S2/c1-6-15-14(4)31-20(18(15)21(28)29-5)23-17(27)12-30-22-25-24-19(26(22)7-2)16-11-9-8-10-13(16)3/h8-11H,6-7,12H2,1-5H3,(H,23,27). The van der Waals surface area contributed by atoms with Gasteiger partial charge in [0.25, 0.3) is 0 Å². The molecule has 0 fully saturated rings. The van der Waals surface area contributed by atoms with E-state index in [4.69, 9.17) is 4.74 Å². The summed E-state index contributed by atoms with van der Waals surface area (Å²) in [5.74, 6) is 0.308. The van der Waals surface area contributed by atoms with Gasteiger partial charge in [-0.25, -0.2) is 4.79 Å². The summed E-state index contributed by atoms with van der Waals surface area (Å²) in [5, 5.41) is 12.7. The van der Waals surface area contributed by atoms with E-state index in [1.807, 2.05) is 56.5 Å². The van der Waals surface area contributed by atoms with Gasteiger partial charge < -0.3 is 14.6 Å². The van der Waals surface area contributed by atoms with Gasteiger partial charge in [0.05, 0.1) is 18.4 Å². The first kappa shape index (κ1) is 23.0. The number of nitrogens with zero attached hydrogens (tertiary/aromatic N) is 3. The number of carbonyl (C=O) groups excluding carboxylic acids is 2. The van der Waals surface area contributed by atoms with Crippen molar-refractivity contribution in [2.75, 3.05) is 18.2 Å². The summed E-state index contributed by atoms with van der Waals surface area (Å²) >= 11 is 2.72. The number of hydrogen-bond acceptors (Lipinski definition) is 7. The fourth-order valence-corrected chi connectivity index (χ4v) is 5.36. The van der Waals surface area contributed by atoms with E-state index >= 15 is 0 Å². The Bertz CT molecular complexity index is 1100. The number of rotatable bonds is 8. The van der Waals surface area contributed by atoms with Crippen LogP contribution in [-0.4, -0.2) is 39.5 Å². The number of benzene rings is 1. The third kappa shape index (κ3) is 4.83. The monoisotopic (exact) mass is 458 g/mol. The van der Waals surface area contributed by atoms with Crippen LogP contribution in [-0.2, 0) is 22.5 Å². The molecule has 0 radical (unpaired) electrons. The molecule has 0 aliphatic rings. The number of thiophene rings is 1. The largest absolute Gasteiger partial charge is 0.465 e. The van der Waals surface area contributed by atoms with Crippen molar-refractivity contribution in [1.82, 2.24) is 14.8 Å². The highest BCUT2D eigenvalue weighted by Crippen LogP contribution is 2.34. The Kier molecular flexibility index (Phi) is 7.50. The number of aryl methyl sites for hydroxylation is 2. The second kappa shape index (κ2) is 10.1. The highest BCUT2D eigenvalue weighted by atomic mass is 32.2. The van der Waals surface area contributed by atoms with Gasteiger partial charge in [0.2, 0.25) is 5.91 Å². The van der Waals surface area contributed by atoms with Crippen molar-refractivity contribution in [3.63, 3.8) is 0 Å². The summed E-state index contributed by atoms with van der Waals surface area (Å²) in [6.07, 6.45) is 0.693. The summed E-state index contributed by atoms with van der Waals surface area (Å²) < 4.78 is 6.92. The number of methoxy groups -OCH3 is 1. The molecule has 1 aromatic carbocycles. The lowest BCUT2D eigenvalue weighted by molar-refractivity contribution is -0.113. The Morgan fingerprint density at radius 1 is 1.19 bits per heavy atom. The molecule has 0 saturated heterocycles. The number of carbonyl (C=O) groups is 2. The lowest BCUT2D eigenvalue weighted by Gasteiger charge is -2.09. The van der Waals surface area contributed by atoms with Crippen LogP contribution in [0.4, 0.5) is 5.00 Å². The number of nitrogens with one attached hydrogen (secondary N) is 1. The zero-order valence-electron chi connectivity index (χ0n) is 18.3. The predicted molar refractivity (Wildman–Crippen MR) is 125 cm³/mol. The van der Waals surface area contributed by atoms with Gasteiger partial charge in [0, 0.05) is 17.0 Å². The predicted octanol–water partition coefficient (Wildman–Crippen LogP) is 4.72. The Morgan fingerprint density at radius 2 is 1.94 bits per heavy atom. The fourth-order valence-electron chi connectivity index (χ4n) is 3.41. The van der Waals surface area contributed by atoms with Gasteiger partial charge in [-0.1, -0.05) is 43.0 Å². The molecule has 2 heterocycles. The number of aromatic nitrogens is 3. The smallest absolute Gasteiger partial charge is 0.341 e. The molecule has 1 amide bonds. The molecule has 0 bridgehead atoms. The average molecular weight is 459 g/mol. The minimum absolute atomic E-state index is 0.158. The average Bonchev–Trinajstić information content (AvgIpc) is 3.31. The Hall–Kier alpha value is -2.65. The molecule has 3 aromatic rings. The Balaban J connectivity index is 1.76. The third-order valence-electron chi connectivity index (χ3n) is 4.96. The number of amides is 1. The van der Waals surface area contributed by atoms with Crippen LogP contribution in [0.1, 0.15) is 40.2 Å². The van der Waals surface area contributed by atoms with Gasteiger partial charge in [-0.3, -0.25) is 4.79 Å². The summed E-state index contributed by atoms with van der Waals surface area (Å²) in [4.78, 5) is 25.9. The van der Waals surface area contributed by atoms with Crippen LogP contribution in [0.25, 0.3) is 11.4 Å². The van der Waals surface area contributed by atoms with Gasteiger partial charge in [-0.05, 0) is 38.3 Å². The molecule has 0 saturated carbocycles. The van der Waals surface area contributed by atoms with Gasteiger partial charge in [-0.15, -0.1) is 21.5 Å². The molecule has 31 heavy (non-hydrogen) atoms. The first-order valence-corrected chi connectivity index (χ1v) is 11.8. The maximum absolute atomic E-state index is 12.7. The molecule has 9 heteroatoms. The van der Waals surface area contributed by atoms with Crippen LogP contribution in [0.15, 0.2) is 29.4 Å². The summed E-state index contributed by atoms with van der Waals surface area (Å²) in [7, 11) is 1.35. The van der Waals surface area contributed by atoms with E-state index in [9.17, 15) is 9.59 Å². The fraction of sp³-hybridized carbons (Fsp3) is 0.364. The molecule has 0 spiro atoms. The van der Waals surface area contributed by atoms with Crippen LogP contribution in [0.5, 0.6) is 0 Å². The SMILES string of the molecule is CCc1c(C)sc(NC(=O)CSc2nnc(-c3ccccc3C)n2CC)c1C(=O)OC. The molecule has 0 atom stereocenters. The normalized spacial score (nSPS) is 10.9. The molecule has 2 aromatic heterocycles. The van der Waals surface area contributed by atoms with Crippen LogP contribution in [0.3, 0.4) is 0 Å². The molecule has 1 N–H and O–H groups in total. The lowest BCUT2D eigenvalue weighted by atomic mass is 10.1. The maximum atomic E-state index is 12.7. The van der Waals surface area contributed by atoms with Gasteiger partial charge in [0.1, 0.15) is 5.00 Å². The van der Waals surface area contributed by atoms with Crippen molar-refractivity contribution < 1.29 is 14.3 Å². The zero-order chi connectivity index (χ0) is 22.5. The van der Waals surface area contributed by atoms with Gasteiger partial charge in [-0.2, -0.15) is 0 Å². The molecule has 0 unspecified atom stereocenters. The molecule has 164 valence electrons. The second-order valence-electron chi connectivity index (χ2n) is 6.89. The van der Waals surface area contributed by atoms with Gasteiger partial charge >= 0.3 is 5.97 Å². The summed E-state index contributed by atoms with van der Waals surface area (Å²) in [5.41, 5.74) is 3.50. The third-order valence-corrected chi connectivity index (χ3v) is 6.99. The van der Waals surface area contributed by atoms with E-state index in [1.165, 1.54) is 30.2 Å². The maximum Gasteiger partial charge on any atom is 0.341 e. The molecule has 0 aliphatic heterocycles. The van der Waals surface area contributed by atoms with Crippen molar-refractivity contribution in [2.45, 2.75) is 45.8 Å².